The summed E-state index contributed by atoms with van der Waals surface area (Å²) in [6.45, 7) is 0. The summed E-state index contributed by atoms with van der Waals surface area (Å²) >= 11 is 17.4. The monoisotopic (exact) mass is 389 g/mol. The molecule has 2 rings (SSSR count). The molecule has 112 valence electrons. The van der Waals surface area contributed by atoms with E-state index < -0.39 is 15.0 Å². The summed E-state index contributed by atoms with van der Waals surface area (Å²) in [7, 11) is -4.84. The molecule has 0 aliphatic carbocycles. The van der Waals surface area contributed by atoms with Crippen molar-refractivity contribution < 1.29 is 47.3 Å². The second-order valence-corrected chi connectivity index (χ2v) is 6.49. The van der Waals surface area contributed by atoms with Crippen LogP contribution in [0.25, 0.3) is 0 Å². The fourth-order valence-corrected chi connectivity index (χ4v) is 3.15. The third-order valence-corrected chi connectivity index (χ3v) is 4.37. The average molecular weight is 391 g/mol. The summed E-state index contributed by atoms with van der Waals surface area (Å²) in [5.74, 6) is 0.141. The maximum Gasteiger partial charge on any atom is 1.00 e. The van der Waals surface area contributed by atoms with Crippen LogP contribution in [0.2, 0.25) is 15.1 Å². The number of benzene rings is 2. The Morgan fingerprint density at radius 1 is 1.00 bits per heavy atom. The van der Waals surface area contributed by atoms with Gasteiger partial charge in [-0.1, -0.05) is 34.8 Å². The van der Waals surface area contributed by atoms with Gasteiger partial charge in [0.1, 0.15) is 15.9 Å². The molecular formula is C12H7Cl3NNaO4S. The third-order valence-electron chi connectivity index (χ3n) is 2.47. The minimum atomic E-state index is -4.84. The van der Waals surface area contributed by atoms with Crippen molar-refractivity contribution in [2.75, 3.05) is 5.73 Å². The van der Waals surface area contributed by atoms with E-state index in [0.717, 1.165) is 0 Å². The second-order valence-electron chi connectivity index (χ2n) is 3.92. The second kappa shape index (κ2) is 7.59. The van der Waals surface area contributed by atoms with Crippen LogP contribution in [0.1, 0.15) is 0 Å². The summed E-state index contributed by atoms with van der Waals surface area (Å²) < 4.78 is 38.9. The zero-order chi connectivity index (χ0) is 15.8. The first-order valence-electron chi connectivity index (χ1n) is 5.37. The smallest absolute Gasteiger partial charge is 0.744 e. The van der Waals surface area contributed by atoms with Gasteiger partial charge in [0.25, 0.3) is 0 Å². The normalized spacial score (nSPS) is 10.9. The molecule has 0 aliphatic rings. The van der Waals surface area contributed by atoms with Gasteiger partial charge in [-0.15, -0.1) is 0 Å². The maximum atomic E-state index is 11.2. The van der Waals surface area contributed by atoms with Crippen molar-refractivity contribution in [3.8, 4) is 11.5 Å². The van der Waals surface area contributed by atoms with Gasteiger partial charge in [0, 0.05) is 5.02 Å². The van der Waals surface area contributed by atoms with E-state index in [2.05, 4.69) is 0 Å². The molecule has 5 nitrogen and oxygen atoms in total. The number of halogens is 3. The van der Waals surface area contributed by atoms with Crippen LogP contribution in [-0.4, -0.2) is 13.0 Å². The van der Waals surface area contributed by atoms with E-state index in [-0.39, 0.29) is 56.8 Å². The molecular weight excluding hydrogens is 384 g/mol. The molecule has 22 heavy (non-hydrogen) atoms. The van der Waals surface area contributed by atoms with Crippen molar-refractivity contribution >= 4 is 50.6 Å². The van der Waals surface area contributed by atoms with Crippen LogP contribution in [0.3, 0.4) is 0 Å². The largest absolute Gasteiger partial charge is 1.00 e. The van der Waals surface area contributed by atoms with E-state index in [1.807, 2.05) is 0 Å². The van der Waals surface area contributed by atoms with Gasteiger partial charge in [-0.2, -0.15) is 0 Å². The summed E-state index contributed by atoms with van der Waals surface area (Å²) in [6, 6.07) is 6.97. The molecule has 2 N–H and O–H groups in total. The van der Waals surface area contributed by atoms with Crippen LogP contribution in [0.5, 0.6) is 11.5 Å². The van der Waals surface area contributed by atoms with Gasteiger partial charge < -0.3 is 15.0 Å². The predicted octanol–water partition coefficient (Wildman–Crippen LogP) is 0.929. The Kier molecular flexibility index (Phi) is 6.86. The van der Waals surface area contributed by atoms with Crippen LogP contribution in [0, 0.1) is 0 Å². The zero-order valence-corrected chi connectivity index (χ0v) is 16.2. The van der Waals surface area contributed by atoms with Gasteiger partial charge in [0.2, 0.25) is 0 Å². The standard InChI is InChI=1S/C12H8Cl3NO4S.Na/c13-6-1-3-9(8(15)5-6)20-10-4-2-7(14)12(11(10)16)21(17,18)19;/h1-5H,16H2,(H,17,18,19);/q;+1/p-1. The van der Waals surface area contributed by atoms with Crippen molar-refractivity contribution in [2.24, 2.45) is 0 Å². The molecule has 0 radical (unpaired) electrons. The van der Waals surface area contributed by atoms with E-state index in [1.54, 1.807) is 0 Å². The van der Waals surface area contributed by atoms with Crippen LogP contribution in [-0.2, 0) is 10.1 Å². The Morgan fingerprint density at radius 2 is 1.59 bits per heavy atom. The first-order valence-corrected chi connectivity index (χ1v) is 7.91. The van der Waals surface area contributed by atoms with Crippen molar-refractivity contribution in [1.29, 1.82) is 0 Å². The first-order chi connectivity index (χ1) is 9.70. The number of hydrogen-bond donors (Lipinski definition) is 1. The number of nitrogens with two attached hydrogens (primary N) is 1. The molecule has 2 aromatic carbocycles. The topological polar surface area (TPSA) is 92.5 Å². The predicted molar refractivity (Wildman–Crippen MR) is 80.4 cm³/mol. The van der Waals surface area contributed by atoms with Gasteiger partial charge in [0.05, 0.1) is 20.6 Å². The van der Waals surface area contributed by atoms with E-state index in [4.69, 9.17) is 45.3 Å². The first kappa shape index (κ1) is 19.9. The van der Waals surface area contributed by atoms with Crippen molar-refractivity contribution in [3.05, 3.63) is 45.4 Å². The number of rotatable bonds is 3. The SMILES string of the molecule is Nc1c(Oc2ccc(Cl)cc2Cl)ccc(Cl)c1S(=O)(=O)[O-].[Na+]. The minimum absolute atomic E-state index is 0. The fraction of sp³-hybridized carbons (Fsp3) is 0. The molecule has 10 heteroatoms. The number of nitrogen functional groups attached to an aromatic ring is 1. The number of ether oxygens (including phenoxy) is 1. The van der Waals surface area contributed by atoms with E-state index in [9.17, 15) is 13.0 Å². The minimum Gasteiger partial charge on any atom is -0.744 e. The molecule has 0 amide bonds. The Balaban J connectivity index is 0.00000242. The Morgan fingerprint density at radius 3 is 2.14 bits per heavy atom. The van der Waals surface area contributed by atoms with Crippen LogP contribution < -0.4 is 40.0 Å². The molecule has 0 spiro atoms. The maximum absolute atomic E-state index is 11.2. The van der Waals surface area contributed by atoms with Crippen molar-refractivity contribution in [3.63, 3.8) is 0 Å². The molecule has 0 atom stereocenters. The average Bonchev–Trinajstić information content (AvgIpc) is 2.34. The van der Waals surface area contributed by atoms with Gasteiger partial charge in [-0.05, 0) is 30.3 Å². The molecule has 0 heterocycles. The molecule has 0 unspecified atom stereocenters. The molecule has 0 saturated carbocycles. The number of hydrogen-bond acceptors (Lipinski definition) is 5. The van der Waals surface area contributed by atoms with Crippen LogP contribution in [0.4, 0.5) is 5.69 Å². The van der Waals surface area contributed by atoms with Crippen molar-refractivity contribution in [2.45, 2.75) is 4.90 Å². The van der Waals surface area contributed by atoms with Gasteiger partial charge in [-0.3, -0.25) is 0 Å². The Hall–Kier alpha value is -0.180. The summed E-state index contributed by atoms with van der Waals surface area (Å²) in [4.78, 5) is -0.730. The van der Waals surface area contributed by atoms with E-state index in [1.165, 1.54) is 30.3 Å². The van der Waals surface area contributed by atoms with Crippen LogP contribution >= 0.6 is 34.8 Å². The summed E-state index contributed by atoms with van der Waals surface area (Å²) in [5.41, 5.74) is 5.25. The van der Waals surface area contributed by atoms with E-state index in [0.29, 0.717) is 5.02 Å². The Labute approximate surface area is 164 Å². The molecule has 0 bridgehead atoms. The summed E-state index contributed by atoms with van der Waals surface area (Å²) in [5, 5.41) is 0.319. The van der Waals surface area contributed by atoms with Crippen molar-refractivity contribution in [1.82, 2.24) is 0 Å². The third kappa shape index (κ3) is 4.43. The van der Waals surface area contributed by atoms with Crippen LogP contribution in [0.15, 0.2) is 35.2 Å². The molecule has 2 aromatic rings. The van der Waals surface area contributed by atoms with Gasteiger partial charge in [-0.25, -0.2) is 8.42 Å². The molecule has 0 saturated heterocycles. The van der Waals surface area contributed by atoms with E-state index >= 15 is 0 Å². The molecule has 0 aliphatic heterocycles. The summed E-state index contributed by atoms with van der Waals surface area (Å²) in [6.07, 6.45) is 0. The Bertz CT molecular complexity index is 814. The molecule has 0 aromatic heterocycles. The quantitative estimate of drug-likeness (QED) is 0.478. The number of anilines is 1. The van der Waals surface area contributed by atoms with Gasteiger partial charge >= 0.3 is 29.6 Å². The van der Waals surface area contributed by atoms with Gasteiger partial charge in [0.15, 0.2) is 5.75 Å². The zero-order valence-electron chi connectivity index (χ0n) is 11.1. The fourth-order valence-electron chi connectivity index (χ4n) is 1.57. The molecule has 0 fully saturated rings.